The molecule has 0 aliphatic heterocycles. The Morgan fingerprint density at radius 2 is 2.00 bits per heavy atom. The number of rotatable bonds is 1. The van der Waals surface area contributed by atoms with Crippen molar-refractivity contribution in [2.45, 2.75) is 0 Å². The molecule has 0 aromatic heterocycles. The van der Waals surface area contributed by atoms with Crippen molar-refractivity contribution >= 4 is 6.29 Å². The molecule has 1 nitrogen and oxygen atoms in total. The topological polar surface area (TPSA) is 17.1 Å². The van der Waals surface area contributed by atoms with Crippen LogP contribution in [0, 0.1) is 0 Å². The molecule has 4 heavy (non-hydrogen) atoms. The van der Waals surface area contributed by atoms with Gasteiger partial charge in [0.1, 0.15) is 6.29 Å². The third-order valence-corrected chi connectivity index (χ3v) is 0.0962. The fourth-order valence-corrected chi connectivity index (χ4v) is 0. The summed E-state index contributed by atoms with van der Waals surface area (Å²) in [5.41, 5.74) is 0. The second-order valence-corrected chi connectivity index (χ2v) is 0.372. The Morgan fingerprint density at radius 3 is 2.00 bits per heavy atom. The lowest BCUT2D eigenvalue weighted by Gasteiger charge is -1.37. The fourth-order valence-electron chi connectivity index (χ4n) is 0. The largest absolute Gasteiger partial charge is 0.299 e. The molecule has 0 saturated heterocycles. The Labute approximate surface area is 24.9 Å². The highest BCUT2D eigenvalue weighted by Crippen LogP contribution is 1.35. The first-order chi connectivity index (χ1) is 1.91. The molecule has 0 rings (SSSR count). The van der Waals surface area contributed by atoms with Crippen molar-refractivity contribution in [3.63, 3.8) is 0 Å². The summed E-state index contributed by atoms with van der Waals surface area (Å²) in [6.07, 6.45) is 1.83. The highest BCUT2D eigenvalue weighted by atomic mass is 17.1. The lowest BCUT2D eigenvalue weighted by atomic mass is 10.8. The first kappa shape index (κ1) is 3.41. The summed E-state index contributed by atoms with van der Waals surface area (Å²) >= 11 is 0. The molecule has 0 unspecified atom stereocenters. The molecule has 22 valence electrons. The first-order valence-corrected chi connectivity index (χ1v) is 0.977. The van der Waals surface area contributed by atoms with E-state index in [4.69, 9.17) is 4.79 Å². The average molecular weight is 57.1 g/mol. The summed E-state index contributed by atoms with van der Waals surface area (Å²) < 4.78 is 0. The number of hydrogen-bond donors (Lipinski definition) is 0. The SMILES string of the molecule is C=CC=[17O]. The van der Waals surface area contributed by atoms with Crippen molar-refractivity contribution in [2.75, 3.05) is 0 Å². The van der Waals surface area contributed by atoms with E-state index in [1.54, 1.807) is 0 Å². The van der Waals surface area contributed by atoms with Gasteiger partial charge >= 0.3 is 0 Å². The van der Waals surface area contributed by atoms with E-state index in [-0.39, 0.29) is 0 Å². The van der Waals surface area contributed by atoms with Gasteiger partial charge in [0.05, 0.1) is 0 Å². The molecule has 0 atom stereocenters. The van der Waals surface area contributed by atoms with Gasteiger partial charge in [0.25, 0.3) is 0 Å². The van der Waals surface area contributed by atoms with Crippen LogP contribution in [0.1, 0.15) is 0 Å². The zero-order valence-corrected chi connectivity index (χ0v) is 2.27. The molecule has 0 fully saturated rings. The summed E-state index contributed by atoms with van der Waals surface area (Å²) in [6, 6.07) is 0. The minimum atomic E-state index is 0.639. The molecule has 1 heteroatoms. The second-order valence-electron chi connectivity index (χ2n) is 0.372. The van der Waals surface area contributed by atoms with Crippen molar-refractivity contribution in [1.29, 1.82) is 0 Å². The Kier molecular flexibility index (Phi) is 2.05. The molecule has 0 aliphatic carbocycles. The van der Waals surface area contributed by atoms with Crippen molar-refractivity contribution < 1.29 is 4.79 Å². The van der Waals surface area contributed by atoms with Gasteiger partial charge in [-0.15, -0.1) is 0 Å². The molecule has 0 spiro atoms. The van der Waals surface area contributed by atoms with E-state index in [1.165, 1.54) is 6.08 Å². The number of carbonyl (C=O) groups is 1. The van der Waals surface area contributed by atoms with Crippen molar-refractivity contribution in [1.82, 2.24) is 0 Å². The van der Waals surface area contributed by atoms with Gasteiger partial charge in [0.15, 0.2) is 0 Å². The van der Waals surface area contributed by atoms with E-state index in [0.29, 0.717) is 6.29 Å². The Hall–Kier alpha value is -0.590. The first-order valence-electron chi connectivity index (χ1n) is 0.977. The van der Waals surface area contributed by atoms with Crippen LogP contribution in [0.4, 0.5) is 0 Å². The molecule has 0 radical (unpaired) electrons. The van der Waals surface area contributed by atoms with Gasteiger partial charge in [-0.3, -0.25) is 4.79 Å². The minimum Gasteiger partial charge on any atom is -0.299 e. The lowest BCUT2D eigenvalue weighted by molar-refractivity contribution is -0.104. The van der Waals surface area contributed by atoms with Crippen LogP contribution in [-0.2, 0) is 4.79 Å². The van der Waals surface area contributed by atoms with E-state index in [0.717, 1.165) is 0 Å². The predicted molar refractivity (Wildman–Crippen MR) is 16.3 cm³/mol. The minimum absolute atomic E-state index is 0.639. The van der Waals surface area contributed by atoms with Crippen LogP contribution >= 0.6 is 0 Å². The Balaban J connectivity index is 2.73. The zero-order valence-electron chi connectivity index (χ0n) is 2.27. The highest BCUT2D eigenvalue weighted by molar-refractivity contribution is 5.63. The van der Waals surface area contributed by atoms with E-state index >= 15 is 0 Å². The molecule has 0 amide bonds. The van der Waals surface area contributed by atoms with Crippen LogP contribution in [0.25, 0.3) is 0 Å². The van der Waals surface area contributed by atoms with Gasteiger partial charge < -0.3 is 0 Å². The van der Waals surface area contributed by atoms with E-state index in [2.05, 4.69) is 6.58 Å². The third-order valence-electron chi connectivity index (χ3n) is 0.0962. The van der Waals surface area contributed by atoms with Crippen LogP contribution in [-0.4, -0.2) is 6.29 Å². The maximum atomic E-state index is 9.06. The average Bonchev–Trinajstić information content (AvgIpc) is 1.37. The highest BCUT2D eigenvalue weighted by Gasteiger charge is 1.38. The normalized spacial score (nSPS) is 5.00. The van der Waals surface area contributed by atoms with Gasteiger partial charge in [-0.1, -0.05) is 6.58 Å². The number of allylic oxidation sites excluding steroid dienone is 1. The molecule has 0 aliphatic rings. The maximum absolute atomic E-state index is 9.06. The molecular formula is C3H4O. The third kappa shape index (κ3) is 1.41. The quantitative estimate of drug-likeness (QED) is 0.314. The van der Waals surface area contributed by atoms with Crippen molar-refractivity contribution in [3.05, 3.63) is 12.7 Å². The van der Waals surface area contributed by atoms with Crippen molar-refractivity contribution in [2.24, 2.45) is 0 Å². The second kappa shape index (κ2) is 2.41. The maximum Gasteiger partial charge on any atom is 0.142 e. The summed E-state index contributed by atoms with van der Waals surface area (Å²) in [5.74, 6) is 0. The molecular weight excluding hydrogens is 53.0 g/mol. The van der Waals surface area contributed by atoms with Gasteiger partial charge in [-0.05, 0) is 6.08 Å². The van der Waals surface area contributed by atoms with Gasteiger partial charge in [0.2, 0.25) is 0 Å². The Bertz CT molecular complexity index is 24.3. The Morgan fingerprint density at radius 1 is 1.75 bits per heavy atom. The number of aldehydes is 1. The van der Waals surface area contributed by atoms with Crippen LogP contribution in [0.2, 0.25) is 0 Å². The monoisotopic (exact) mass is 57.0 g/mol. The summed E-state index contributed by atoms with van der Waals surface area (Å²) in [5, 5.41) is 0. The summed E-state index contributed by atoms with van der Waals surface area (Å²) in [7, 11) is 0. The summed E-state index contributed by atoms with van der Waals surface area (Å²) in [6.45, 7) is 3.11. The standard InChI is InChI=1S/C3H4O/c1-2-3-4/h2-3H,1H2/i4+1. The van der Waals surface area contributed by atoms with Gasteiger partial charge in [-0.25, -0.2) is 0 Å². The molecule has 0 bridgehead atoms. The van der Waals surface area contributed by atoms with E-state index in [9.17, 15) is 0 Å². The van der Waals surface area contributed by atoms with Crippen molar-refractivity contribution in [3.8, 4) is 0 Å². The molecule has 0 saturated carbocycles. The fraction of sp³-hybridized carbons (Fsp3) is 0. The number of carbonyl (C=O) groups excluding carboxylic acids is 1. The summed E-state index contributed by atoms with van der Waals surface area (Å²) in [4.78, 5) is 9.06. The van der Waals surface area contributed by atoms with Gasteiger partial charge in [0, 0.05) is 0 Å². The smallest absolute Gasteiger partial charge is 0.142 e. The molecule has 0 N–H and O–H groups in total. The number of hydrogen-bond acceptors (Lipinski definition) is 1. The molecule has 0 aromatic rings. The van der Waals surface area contributed by atoms with Crippen LogP contribution in [0.5, 0.6) is 0 Å². The molecule has 0 heterocycles. The zero-order chi connectivity index (χ0) is 3.41. The van der Waals surface area contributed by atoms with E-state index < -0.39 is 0 Å². The van der Waals surface area contributed by atoms with Gasteiger partial charge in [-0.2, -0.15) is 0 Å². The molecule has 0 aromatic carbocycles. The van der Waals surface area contributed by atoms with E-state index in [1.807, 2.05) is 0 Å². The van der Waals surface area contributed by atoms with Crippen LogP contribution < -0.4 is 0 Å². The van der Waals surface area contributed by atoms with Crippen LogP contribution in [0.15, 0.2) is 12.7 Å². The predicted octanol–water partition coefficient (Wildman–Crippen LogP) is 0.371. The van der Waals surface area contributed by atoms with Crippen LogP contribution in [0.3, 0.4) is 0 Å². The lowest BCUT2D eigenvalue weighted by Crippen LogP contribution is -1.44.